The van der Waals surface area contributed by atoms with Gasteiger partial charge in [-0.15, -0.1) is 0 Å². The molecule has 75 heavy (non-hydrogen) atoms. The Labute approximate surface area is 440 Å². The molecule has 0 saturated heterocycles. The molecule has 0 heterocycles. The highest BCUT2D eigenvalue weighted by molar-refractivity contribution is 6.08. The number of carbonyl (C=O) groups is 7. The van der Waals surface area contributed by atoms with E-state index >= 15 is 0 Å². The minimum atomic E-state index is -1.07. The van der Waals surface area contributed by atoms with E-state index in [2.05, 4.69) is 21.3 Å². The Morgan fingerprint density at radius 2 is 0.787 bits per heavy atom. The third kappa shape index (κ3) is 20.6. The number of aliphatic carboxylic acids is 1. The van der Waals surface area contributed by atoms with E-state index in [1.165, 1.54) is 30.3 Å². The predicted molar refractivity (Wildman–Crippen MR) is 291 cm³/mol. The summed E-state index contributed by atoms with van der Waals surface area (Å²) in [6.45, 7) is 25.2. The standard InChI is InChI=1S/C30H44N4O5.C26H33N3O7/c1-18(2)16-38-26-13-22(9-11-24(26)32-28(35)15-31)29(36)33-25-12-10-23(14-27(25)39-17-19(3)4)30(37)34(20(5)6)21(7)8;1-15(2)13-35-21-11-17(25(27)33)5-7-20(21)29-26(34)18-6-8-19(22(12-18)36-14-16(3)4)28-23(30)9-10-24(31)32/h9-14,18-21H,15-17,31H2,1-8H3,(H,32,35)(H,33,36);5-8,11-12,15-16H,9-10,13-14H2,1-4H3,(H2,27,33)(H,28,30)(H,29,34)(H,31,32). The number of carbonyl (C=O) groups excluding carboxylic acids is 6. The van der Waals surface area contributed by atoms with Gasteiger partial charge in [0.2, 0.25) is 17.7 Å². The van der Waals surface area contributed by atoms with Gasteiger partial charge in [0, 0.05) is 40.8 Å². The van der Waals surface area contributed by atoms with Gasteiger partial charge in [-0.05, 0) is 124 Å². The van der Waals surface area contributed by atoms with E-state index in [0.29, 0.717) is 77.6 Å². The normalized spacial score (nSPS) is 11.0. The molecule has 408 valence electrons. The summed E-state index contributed by atoms with van der Waals surface area (Å²) in [6.07, 6.45) is -0.494. The highest BCUT2D eigenvalue weighted by atomic mass is 16.5. The first-order valence-electron chi connectivity index (χ1n) is 25.1. The molecule has 0 saturated carbocycles. The van der Waals surface area contributed by atoms with Crippen molar-refractivity contribution in [1.82, 2.24) is 4.90 Å². The molecule has 0 aliphatic rings. The third-order valence-electron chi connectivity index (χ3n) is 10.4. The molecule has 9 N–H and O–H groups in total. The Balaban J connectivity index is 0.000000397. The highest BCUT2D eigenvalue weighted by Gasteiger charge is 2.24. The lowest BCUT2D eigenvalue weighted by molar-refractivity contribution is -0.138. The van der Waals surface area contributed by atoms with E-state index in [9.17, 15) is 33.6 Å². The minimum Gasteiger partial charge on any atom is -0.491 e. The van der Waals surface area contributed by atoms with E-state index in [4.69, 9.17) is 35.5 Å². The van der Waals surface area contributed by atoms with Gasteiger partial charge < -0.3 is 61.7 Å². The molecule has 4 aromatic carbocycles. The van der Waals surface area contributed by atoms with Crippen LogP contribution in [-0.2, 0) is 14.4 Å². The molecule has 0 atom stereocenters. The SMILES string of the molecule is CC(C)COc1cc(C(=O)Nc2ccc(C(=O)N(C(C)C)C(C)C)cc2OCC(C)C)ccc1NC(=O)CN.CC(C)COc1cc(C(=O)Nc2ccc(C(N)=O)cc2OCC(C)C)ccc1NC(=O)CCC(=O)O. The van der Waals surface area contributed by atoms with Crippen LogP contribution < -0.4 is 51.7 Å². The zero-order valence-electron chi connectivity index (χ0n) is 45.4. The maximum Gasteiger partial charge on any atom is 0.303 e. The van der Waals surface area contributed by atoms with Gasteiger partial charge in [0.1, 0.15) is 23.0 Å². The molecule has 0 fully saturated rings. The molecular formula is C56H77N7O12. The largest absolute Gasteiger partial charge is 0.491 e. The number of rotatable bonds is 26. The van der Waals surface area contributed by atoms with Crippen molar-refractivity contribution in [3.63, 3.8) is 0 Å². The molecule has 19 heteroatoms. The number of carboxylic acid groups (broad SMARTS) is 1. The molecule has 0 aliphatic heterocycles. The maximum absolute atomic E-state index is 13.3. The summed E-state index contributed by atoms with van der Waals surface area (Å²) in [6, 6.07) is 19.0. The summed E-state index contributed by atoms with van der Waals surface area (Å²) >= 11 is 0. The van der Waals surface area contributed by atoms with Gasteiger partial charge in [-0.25, -0.2) is 0 Å². The van der Waals surface area contributed by atoms with Gasteiger partial charge in [0.15, 0.2) is 0 Å². The number of carboxylic acids is 1. The third-order valence-corrected chi connectivity index (χ3v) is 10.4. The minimum absolute atomic E-state index is 0.0293. The quantitative estimate of drug-likeness (QED) is 0.0309. The van der Waals surface area contributed by atoms with E-state index in [0.717, 1.165) is 0 Å². The number of nitrogens with one attached hydrogen (secondary N) is 4. The lowest BCUT2D eigenvalue weighted by Crippen LogP contribution is -2.42. The molecule has 0 radical (unpaired) electrons. The second-order valence-electron chi connectivity index (χ2n) is 20.0. The van der Waals surface area contributed by atoms with Crippen LogP contribution in [0.5, 0.6) is 23.0 Å². The van der Waals surface area contributed by atoms with Crippen LogP contribution in [0.3, 0.4) is 0 Å². The molecule has 4 rings (SSSR count). The average molecular weight is 1040 g/mol. The van der Waals surface area contributed by atoms with Crippen LogP contribution in [0.2, 0.25) is 0 Å². The van der Waals surface area contributed by atoms with Crippen molar-refractivity contribution in [3.8, 4) is 23.0 Å². The number of nitrogens with two attached hydrogens (primary N) is 2. The van der Waals surface area contributed by atoms with E-state index in [1.54, 1.807) is 42.5 Å². The second-order valence-corrected chi connectivity index (χ2v) is 20.0. The number of anilines is 4. The van der Waals surface area contributed by atoms with Gasteiger partial charge >= 0.3 is 5.97 Å². The van der Waals surface area contributed by atoms with Gasteiger partial charge in [0.25, 0.3) is 17.7 Å². The first kappa shape index (κ1) is 61.6. The molecule has 0 bridgehead atoms. The fourth-order valence-electron chi connectivity index (χ4n) is 6.81. The van der Waals surface area contributed by atoms with Crippen LogP contribution in [0.15, 0.2) is 72.8 Å². The Kier molecular flexibility index (Phi) is 24.6. The Morgan fingerprint density at radius 3 is 1.12 bits per heavy atom. The Morgan fingerprint density at radius 1 is 0.467 bits per heavy atom. The van der Waals surface area contributed by atoms with Crippen LogP contribution in [0.25, 0.3) is 0 Å². The molecular weight excluding hydrogens is 963 g/mol. The molecule has 6 amide bonds. The summed E-state index contributed by atoms with van der Waals surface area (Å²) in [7, 11) is 0. The monoisotopic (exact) mass is 1040 g/mol. The average Bonchev–Trinajstić information content (AvgIpc) is 3.33. The number of ether oxygens (including phenoxy) is 4. The summed E-state index contributed by atoms with van der Waals surface area (Å²) < 4.78 is 23.5. The van der Waals surface area contributed by atoms with Gasteiger partial charge in [-0.1, -0.05) is 55.4 Å². The van der Waals surface area contributed by atoms with Crippen LogP contribution in [-0.4, -0.2) is 96.5 Å². The molecule has 4 aromatic rings. The van der Waals surface area contributed by atoms with E-state index < -0.39 is 23.7 Å². The van der Waals surface area contributed by atoms with Crippen molar-refractivity contribution in [2.45, 2.75) is 108 Å². The molecule has 0 unspecified atom stereocenters. The highest BCUT2D eigenvalue weighted by Crippen LogP contribution is 2.33. The van der Waals surface area contributed by atoms with Gasteiger partial charge in [0.05, 0.1) is 62.1 Å². The van der Waals surface area contributed by atoms with Crippen molar-refractivity contribution < 1.29 is 57.6 Å². The number of primary amides is 1. The predicted octanol–water partition coefficient (Wildman–Crippen LogP) is 9.08. The fraction of sp³-hybridized carbons (Fsp3) is 0.446. The fourth-order valence-corrected chi connectivity index (χ4v) is 6.81. The molecule has 0 aliphatic carbocycles. The van der Waals surface area contributed by atoms with Crippen LogP contribution in [0, 0.1) is 23.7 Å². The summed E-state index contributed by atoms with van der Waals surface area (Å²) in [5.74, 6) is -1.23. The van der Waals surface area contributed by atoms with Crippen molar-refractivity contribution in [2.75, 3.05) is 54.2 Å². The smallest absolute Gasteiger partial charge is 0.303 e. The summed E-state index contributed by atoms with van der Waals surface area (Å²) in [4.78, 5) is 87.7. The van der Waals surface area contributed by atoms with Crippen molar-refractivity contribution in [1.29, 1.82) is 0 Å². The zero-order chi connectivity index (χ0) is 56.1. The van der Waals surface area contributed by atoms with Crippen molar-refractivity contribution in [2.24, 2.45) is 35.1 Å². The van der Waals surface area contributed by atoms with Crippen molar-refractivity contribution in [3.05, 3.63) is 95.1 Å². The Hall–Kier alpha value is -7.67. The molecule has 0 aromatic heterocycles. The van der Waals surface area contributed by atoms with E-state index in [-0.39, 0.29) is 89.7 Å². The number of nitrogens with zero attached hydrogens (tertiary/aromatic N) is 1. The van der Waals surface area contributed by atoms with Gasteiger partial charge in [-0.3, -0.25) is 33.6 Å². The lowest BCUT2D eigenvalue weighted by Gasteiger charge is -2.31. The zero-order valence-corrected chi connectivity index (χ0v) is 45.4. The maximum atomic E-state index is 13.3. The van der Waals surface area contributed by atoms with Crippen molar-refractivity contribution >= 4 is 64.2 Å². The Bertz CT molecular complexity index is 2600. The van der Waals surface area contributed by atoms with Crippen LogP contribution >= 0.6 is 0 Å². The van der Waals surface area contributed by atoms with Crippen LogP contribution in [0.4, 0.5) is 22.7 Å². The topological polar surface area (TPSA) is 280 Å². The summed E-state index contributed by atoms with van der Waals surface area (Å²) in [5.41, 5.74) is 13.7. The second kappa shape index (κ2) is 29.9. The first-order chi connectivity index (χ1) is 35.3. The lowest BCUT2D eigenvalue weighted by atomic mass is 10.1. The number of hydrogen-bond donors (Lipinski definition) is 7. The molecule has 0 spiro atoms. The number of hydrogen-bond acceptors (Lipinski definition) is 12. The van der Waals surface area contributed by atoms with Crippen LogP contribution in [0.1, 0.15) is 137 Å². The number of benzene rings is 4. The van der Waals surface area contributed by atoms with Gasteiger partial charge in [-0.2, -0.15) is 0 Å². The molecule has 19 nitrogen and oxygen atoms in total. The summed E-state index contributed by atoms with van der Waals surface area (Å²) in [5, 5.41) is 19.8. The first-order valence-corrected chi connectivity index (χ1v) is 25.1. The number of amides is 6. The van der Waals surface area contributed by atoms with E-state index in [1.807, 2.05) is 88.0 Å².